The Balaban J connectivity index is 1.83. The zero-order valence-corrected chi connectivity index (χ0v) is 11.5. The summed E-state index contributed by atoms with van der Waals surface area (Å²) in [5.74, 6) is -0.750. The van der Waals surface area contributed by atoms with E-state index in [4.69, 9.17) is 5.11 Å². The number of carbonyl (C=O) groups is 2. The van der Waals surface area contributed by atoms with Crippen LogP contribution in [0.4, 0.5) is 0 Å². The van der Waals surface area contributed by atoms with E-state index in [0.717, 1.165) is 10.6 Å². The van der Waals surface area contributed by atoms with Gasteiger partial charge in [-0.05, 0) is 24.3 Å². The third-order valence-electron chi connectivity index (χ3n) is 2.96. The first kappa shape index (κ1) is 13.4. The molecule has 18 heavy (non-hydrogen) atoms. The number of hydrogen-bond donors (Lipinski definition) is 1. The number of thioether (sulfide) groups is 1. The van der Waals surface area contributed by atoms with E-state index in [1.807, 2.05) is 17.5 Å². The van der Waals surface area contributed by atoms with Crippen LogP contribution in [0.3, 0.4) is 0 Å². The molecule has 0 spiro atoms. The molecule has 4 nitrogen and oxygen atoms in total. The Morgan fingerprint density at radius 1 is 1.56 bits per heavy atom. The summed E-state index contributed by atoms with van der Waals surface area (Å²) in [4.78, 5) is 24.6. The van der Waals surface area contributed by atoms with Gasteiger partial charge in [0.2, 0.25) is 5.91 Å². The van der Waals surface area contributed by atoms with Gasteiger partial charge in [0.1, 0.15) is 0 Å². The van der Waals surface area contributed by atoms with Gasteiger partial charge in [0.05, 0.1) is 15.9 Å². The van der Waals surface area contributed by atoms with Crippen molar-refractivity contribution in [1.82, 2.24) is 4.90 Å². The minimum absolute atomic E-state index is 0.0411. The minimum Gasteiger partial charge on any atom is -0.481 e. The third-order valence-corrected chi connectivity index (χ3v) is 5.07. The van der Waals surface area contributed by atoms with Crippen LogP contribution in [-0.4, -0.2) is 40.7 Å². The highest BCUT2D eigenvalue weighted by Crippen LogP contribution is 2.24. The van der Waals surface area contributed by atoms with Gasteiger partial charge in [-0.1, -0.05) is 6.07 Å². The standard InChI is InChI=1S/C12H15NO3S2/c14-10(8-18-11-4-2-6-17-11)13-5-1-3-9(7-13)12(15)16/h2,4,6,9H,1,3,5,7-8H2,(H,15,16). The quantitative estimate of drug-likeness (QED) is 0.861. The number of carboxylic acid groups (broad SMARTS) is 1. The number of rotatable bonds is 4. The zero-order valence-electron chi connectivity index (χ0n) is 9.87. The predicted octanol–water partition coefficient (Wildman–Crippen LogP) is 2.16. The van der Waals surface area contributed by atoms with Crippen LogP contribution < -0.4 is 0 Å². The molecule has 6 heteroatoms. The predicted molar refractivity (Wildman–Crippen MR) is 72.0 cm³/mol. The molecule has 0 saturated carbocycles. The molecule has 1 saturated heterocycles. The van der Waals surface area contributed by atoms with Crippen LogP contribution in [0.1, 0.15) is 12.8 Å². The van der Waals surface area contributed by atoms with Crippen molar-refractivity contribution < 1.29 is 14.7 Å². The number of aliphatic carboxylic acids is 1. The third kappa shape index (κ3) is 3.49. The molecule has 1 fully saturated rings. The lowest BCUT2D eigenvalue weighted by atomic mass is 9.98. The second-order valence-corrected chi connectivity index (χ2v) is 6.46. The average Bonchev–Trinajstić information content (AvgIpc) is 2.89. The van der Waals surface area contributed by atoms with Crippen molar-refractivity contribution in [2.45, 2.75) is 17.1 Å². The Morgan fingerprint density at radius 2 is 2.39 bits per heavy atom. The molecular formula is C12H15NO3S2. The fraction of sp³-hybridized carbons (Fsp3) is 0.500. The molecule has 1 amide bonds. The van der Waals surface area contributed by atoms with E-state index < -0.39 is 11.9 Å². The maximum absolute atomic E-state index is 12.0. The van der Waals surface area contributed by atoms with Crippen molar-refractivity contribution in [3.05, 3.63) is 17.5 Å². The maximum atomic E-state index is 12.0. The first-order valence-electron chi connectivity index (χ1n) is 5.83. The van der Waals surface area contributed by atoms with Gasteiger partial charge in [-0.15, -0.1) is 23.1 Å². The van der Waals surface area contributed by atoms with Crippen molar-refractivity contribution in [3.63, 3.8) is 0 Å². The Morgan fingerprint density at radius 3 is 3.06 bits per heavy atom. The number of nitrogens with zero attached hydrogens (tertiary/aromatic N) is 1. The fourth-order valence-electron chi connectivity index (χ4n) is 1.98. The van der Waals surface area contributed by atoms with E-state index in [0.29, 0.717) is 25.3 Å². The van der Waals surface area contributed by atoms with Gasteiger partial charge >= 0.3 is 5.97 Å². The Bertz CT molecular complexity index is 419. The van der Waals surface area contributed by atoms with E-state index in [-0.39, 0.29) is 5.91 Å². The number of carbonyl (C=O) groups excluding carboxylic acids is 1. The lowest BCUT2D eigenvalue weighted by Crippen LogP contribution is -2.43. The number of thiophene rings is 1. The number of hydrogen-bond acceptors (Lipinski definition) is 4. The summed E-state index contributed by atoms with van der Waals surface area (Å²) in [5, 5.41) is 11.0. The summed E-state index contributed by atoms with van der Waals surface area (Å²) in [6.45, 7) is 1.05. The van der Waals surface area contributed by atoms with Crippen molar-refractivity contribution in [2.75, 3.05) is 18.8 Å². The van der Waals surface area contributed by atoms with Gasteiger partial charge in [0.25, 0.3) is 0 Å². The SMILES string of the molecule is O=C(O)C1CCCN(C(=O)CSc2cccs2)C1. The molecule has 0 bridgehead atoms. The van der Waals surface area contributed by atoms with Gasteiger partial charge in [-0.2, -0.15) is 0 Å². The summed E-state index contributed by atoms with van der Waals surface area (Å²) in [7, 11) is 0. The molecule has 0 aliphatic carbocycles. The lowest BCUT2D eigenvalue weighted by Gasteiger charge is -2.30. The molecule has 2 heterocycles. The largest absolute Gasteiger partial charge is 0.481 e. The van der Waals surface area contributed by atoms with E-state index >= 15 is 0 Å². The van der Waals surface area contributed by atoms with E-state index in [2.05, 4.69) is 0 Å². The van der Waals surface area contributed by atoms with Crippen LogP contribution in [0, 0.1) is 5.92 Å². The van der Waals surface area contributed by atoms with Crippen molar-refractivity contribution in [1.29, 1.82) is 0 Å². The van der Waals surface area contributed by atoms with Crippen LogP contribution in [0.25, 0.3) is 0 Å². The monoisotopic (exact) mass is 285 g/mol. The van der Waals surface area contributed by atoms with Crippen LogP contribution in [0.5, 0.6) is 0 Å². The molecule has 1 aromatic heterocycles. The molecule has 1 aliphatic rings. The summed E-state index contributed by atoms with van der Waals surface area (Å²) >= 11 is 3.13. The average molecular weight is 285 g/mol. The fourth-order valence-corrected chi connectivity index (χ4v) is 3.66. The van der Waals surface area contributed by atoms with Gasteiger partial charge in [-0.25, -0.2) is 0 Å². The first-order chi connectivity index (χ1) is 8.66. The molecule has 1 aromatic rings. The van der Waals surface area contributed by atoms with Crippen molar-refractivity contribution in [2.24, 2.45) is 5.92 Å². The van der Waals surface area contributed by atoms with Gasteiger partial charge in [0.15, 0.2) is 0 Å². The second-order valence-electron chi connectivity index (χ2n) is 4.24. The molecule has 1 aliphatic heterocycles. The van der Waals surface area contributed by atoms with E-state index in [9.17, 15) is 9.59 Å². The minimum atomic E-state index is -0.793. The van der Waals surface area contributed by atoms with Gasteiger partial charge < -0.3 is 10.0 Å². The Labute approximate surface area is 114 Å². The number of piperidine rings is 1. The van der Waals surface area contributed by atoms with Crippen molar-refractivity contribution in [3.8, 4) is 0 Å². The van der Waals surface area contributed by atoms with Crippen LogP contribution in [0.15, 0.2) is 21.7 Å². The number of carboxylic acids is 1. The molecule has 0 radical (unpaired) electrons. The normalized spacial score (nSPS) is 19.8. The number of amides is 1. The first-order valence-corrected chi connectivity index (χ1v) is 7.70. The summed E-state index contributed by atoms with van der Waals surface area (Å²) in [6.07, 6.45) is 1.46. The lowest BCUT2D eigenvalue weighted by molar-refractivity contribution is -0.145. The maximum Gasteiger partial charge on any atom is 0.308 e. The second kappa shape index (κ2) is 6.24. The van der Waals surface area contributed by atoms with Crippen molar-refractivity contribution >= 4 is 35.0 Å². The molecule has 1 atom stereocenters. The van der Waals surface area contributed by atoms with Crippen LogP contribution in [-0.2, 0) is 9.59 Å². The molecule has 1 N–H and O–H groups in total. The molecule has 0 aromatic carbocycles. The van der Waals surface area contributed by atoms with E-state index in [1.165, 1.54) is 11.8 Å². The highest BCUT2D eigenvalue weighted by Gasteiger charge is 2.27. The zero-order chi connectivity index (χ0) is 13.0. The van der Waals surface area contributed by atoms with Crippen LogP contribution >= 0.6 is 23.1 Å². The number of likely N-dealkylation sites (tertiary alicyclic amines) is 1. The highest BCUT2D eigenvalue weighted by molar-refractivity contribution is 8.01. The Kier molecular flexibility index (Phi) is 4.66. The van der Waals surface area contributed by atoms with Crippen LogP contribution in [0.2, 0.25) is 0 Å². The van der Waals surface area contributed by atoms with Gasteiger partial charge in [-0.3, -0.25) is 9.59 Å². The summed E-state index contributed by atoms with van der Waals surface area (Å²) in [6, 6.07) is 3.94. The molecule has 1 unspecified atom stereocenters. The topological polar surface area (TPSA) is 57.6 Å². The van der Waals surface area contributed by atoms with E-state index in [1.54, 1.807) is 16.2 Å². The summed E-state index contributed by atoms with van der Waals surface area (Å²) < 4.78 is 1.12. The van der Waals surface area contributed by atoms with Gasteiger partial charge in [0, 0.05) is 13.1 Å². The molecular weight excluding hydrogens is 270 g/mol. The molecule has 2 rings (SSSR count). The smallest absolute Gasteiger partial charge is 0.308 e. The summed E-state index contributed by atoms with van der Waals surface area (Å²) in [5.41, 5.74) is 0. The highest BCUT2D eigenvalue weighted by atomic mass is 32.2. The molecule has 98 valence electrons. The Hall–Kier alpha value is -1.01.